The van der Waals surface area contributed by atoms with E-state index in [0.29, 0.717) is 6.61 Å². The van der Waals surface area contributed by atoms with Crippen LogP contribution >= 0.6 is 11.6 Å². The molecule has 13 heavy (non-hydrogen) atoms. The largest absolute Gasteiger partial charge is 0.493 e. The maximum absolute atomic E-state index is 10.4. The maximum atomic E-state index is 10.4. The fourth-order valence-electron chi connectivity index (χ4n) is 0.884. The monoisotopic (exact) mass is 198 g/mol. The summed E-state index contributed by atoms with van der Waals surface area (Å²) in [5.74, 6) is 0.767. The second kappa shape index (κ2) is 4.87. The topological polar surface area (TPSA) is 26.3 Å². The van der Waals surface area contributed by atoms with Gasteiger partial charge < -0.3 is 4.74 Å². The zero-order valence-electron chi connectivity index (χ0n) is 7.42. The van der Waals surface area contributed by atoms with Crippen LogP contribution in [0.4, 0.5) is 0 Å². The fraction of sp³-hybridized carbons (Fsp3) is 0.300. The van der Waals surface area contributed by atoms with Gasteiger partial charge >= 0.3 is 0 Å². The molecule has 0 heterocycles. The Kier molecular flexibility index (Phi) is 3.77. The van der Waals surface area contributed by atoms with Gasteiger partial charge in [0.05, 0.1) is 13.0 Å². The van der Waals surface area contributed by atoms with Gasteiger partial charge in [0.15, 0.2) is 0 Å². The van der Waals surface area contributed by atoms with Crippen molar-refractivity contribution in [1.82, 2.24) is 0 Å². The number of rotatable bonds is 4. The molecule has 0 spiro atoms. The zero-order valence-corrected chi connectivity index (χ0v) is 8.17. The van der Waals surface area contributed by atoms with Gasteiger partial charge in [-0.1, -0.05) is 17.7 Å². The molecular formula is C10H11ClO2. The van der Waals surface area contributed by atoms with E-state index in [-0.39, 0.29) is 11.7 Å². The first kappa shape index (κ1) is 10.1. The molecule has 0 radical (unpaired) electrons. The molecule has 0 aromatic heterocycles. The van der Waals surface area contributed by atoms with E-state index in [2.05, 4.69) is 0 Å². The van der Waals surface area contributed by atoms with Crippen LogP contribution in [0, 0.1) is 6.92 Å². The van der Waals surface area contributed by atoms with Crippen molar-refractivity contribution < 1.29 is 9.53 Å². The first-order valence-corrected chi connectivity index (χ1v) is 4.44. The van der Waals surface area contributed by atoms with Gasteiger partial charge in [0.2, 0.25) is 5.24 Å². The minimum Gasteiger partial charge on any atom is -0.493 e. The lowest BCUT2D eigenvalue weighted by molar-refractivity contribution is -0.112. The second-order valence-corrected chi connectivity index (χ2v) is 3.19. The SMILES string of the molecule is Cc1ccc(OCCC(=O)Cl)cc1. The van der Waals surface area contributed by atoms with Gasteiger partial charge in [-0.05, 0) is 30.7 Å². The highest BCUT2D eigenvalue weighted by Gasteiger charge is 1.97. The number of carbonyl (C=O) groups excluding carboxylic acids is 1. The zero-order chi connectivity index (χ0) is 9.68. The first-order valence-electron chi connectivity index (χ1n) is 4.06. The summed E-state index contributed by atoms with van der Waals surface area (Å²) in [5.41, 5.74) is 1.18. The van der Waals surface area contributed by atoms with Crippen LogP contribution in [0.25, 0.3) is 0 Å². The van der Waals surface area contributed by atoms with Crippen LogP contribution in [0.2, 0.25) is 0 Å². The molecule has 0 atom stereocenters. The third-order valence-electron chi connectivity index (χ3n) is 1.59. The number of ether oxygens (including phenoxy) is 1. The number of carbonyl (C=O) groups is 1. The fourth-order valence-corrected chi connectivity index (χ4v) is 0.961. The summed E-state index contributed by atoms with van der Waals surface area (Å²) in [5, 5.41) is -0.368. The number of aryl methyl sites for hydroxylation is 1. The number of halogens is 1. The van der Waals surface area contributed by atoms with Crippen LogP contribution in [-0.2, 0) is 4.79 Å². The van der Waals surface area contributed by atoms with Crippen molar-refractivity contribution in [1.29, 1.82) is 0 Å². The first-order chi connectivity index (χ1) is 6.18. The molecule has 0 fully saturated rings. The highest BCUT2D eigenvalue weighted by molar-refractivity contribution is 6.63. The summed E-state index contributed by atoms with van der Waals surface area (Å²) < 4.78 is 5.27. The molecule has 0 aliphatic heterocycles. The highest BCUT2D eigenvalue weighted by Crippen LogP contribution is 2.11. The van der Waals surface area contributed by atoms with E-state index in [4.69, 9.17) is 16.3 Å². The smallest absolute Gasteiger partial charge is 0.225 e. The van der Waals surface area contributed by atoms with Crippen molar-refractivity contribution >= 4 is 16.8 Å². The predicted octanol–water partition coefficient (Wildman–Crippen LogP) is 2.53. The Morgan fingerprint density at radius 2 is 2.00 bits per heavy atom. The van der Waals surface area contributed by atoms with Crippen LogP contribution < -0.4 is 4.74 Å². The van der Waals surface area contributed by atoms with Gasteiger partial charge in [-0.25, -0.2) is 0 Å². The lowest BCUT2D eigenvalue weighted by Gasteiger charge is -2.03. The summed E-state index contributed by atoms with van der Waals surface area (Å²) in [7, 11) is 0. The normalized spacial score (nSPS) is 9.69. The summed E-state index contributed by atoms with van der Waals surface area (Å²) in [4.78, 5) is 10.4. The molecule has 0 saturated heterocycles. The summed E-state index contributed by atoms with van der Waals surface area (Å²) in [6.45, 7) is 2.34. The van der Waals surface area contributed by atoms with E-state index >= 15 is 0 Å². The molecule has 1 aromatic rings. The number of hydrogen-bond donors (Lipinski definition) is 0. The van der Waals surface area contributed by atoms with E-state index in [1.807, 2.05) is 31.2 Å². The minimum atomic E-state index is -0.368. The van der Waals surface area contributed by atoms with Crippen molar-refractivity contribution in [2.24, 2.45) is 0 Å². The van der Waals surface area contributed by atoms with E-state index in [1.54, 1.807) is 0 Å². The molecule has 1 rings (SSSR count). The van der Waals surface area contributed by atoms with Crippen molar-refractivity contribution in [3.63, 3.8) is 0 Å². The highest BCUT2D eigenvalue weighted by atomic mass is 35.5. The van der Waals surface area contributed by atoms with Gasteiger partial charge in [0, 0.05) is 0 Å². The molecule has 70 valence electrons. The summed E-state index contributed by atoms with van der Waals surface area (Å²) in [6.07, 6.45) is 0.245. The molecule has 0 aliphatic carbocycles. The van der Waals surface area contributed by atoms with Gasteiger partial charge in [-0.3, -0.25) is 4.79 Å². The van der Waals surface area contributed by atoms with E-state index in [0.717, 1.165) is 5.75 Å². The average molecular weight is 199 g/mol. The molecule has 0 N–H and O–H groups in total. The van der Waals surface area contributed by atoms with Gasteiger partial charge in [0.25, 0.3) is 0 Å². The van der Waals surface area contributed by atoms with E-state index < -0.39 is 0 Å². The summed E-state index contributed by atoms with van der Waals surface area (Å²) >= 11 is 5.15. The van der Waals surface area contributed by atoms with Crippen LogP contribution in [0.3, 0.4) is 0 Å². The standard InChI is InChI=1S/C10H11ClO2/c1-8-2-4-9(5-3-8)13-7-6-10(11)12/h2-5H,6-7H2,1H3. The van der Waals surface area contributed by atoms with Gasteiger partial charge in [-0.15, -0.1) is 0 Å². The summed E-state index contributed by atoms with van der Waals surface area (Å²) in [6, 6.07) is 7.65. The lowest BCUT2D eigenvalue weighted by atomic mass is 10.2. The third kappa shape index (κ3) is 3.95. The van der Waals surface area contributed by atoms with Crippen molar-refractivity contribution in [2.75, 3.05) is 6.61 Å². The second-order valence-electron chi connectivity index (χ2n) is 2.77. The molecule has 0 amide bonds. The number of hydrogen-bond acceptors (Lipinski definition) is 2. The molecule has 2 nitrogen and oxygen atoms in total. The van der Waals surface area contributed by atoms with Gasteiger partial charge in [0.1, 0.15) is 5.75 Å². The minimum absolute atomic E-state index is 0.245. The molecule has 0 bridgehead atoms. The Balaban J connectivity index is 2.37. The van der Waals surface area contributed by atoms with Crippen molar-refractivity contribution in [2.45, 2.75) is 13.3 Å². The molecule has 1 aromatic carbocycles. The number of benzene rings is 1. The van der Waals surface area contributed by atoms with Gasteiger partial charge in [-0.2, -0.15) is 0 Å². The molecule has 0 saturated carbocycles. The van der Waals surface area contributed by atoms with Crippen molar-refractivity contribution in [3.05, 3.63) is 29.8 Å². The quantitative estimate of drug-likeness (QED) is 0.695. The van der Waals surface area contributed by atoms with Crippen LogP contribution in [0.1, 0.15) is 12.0 Å². The Labute approximate surface area is 82.5 Å². The third-order valence-corrected chi connectivity index (χ3v) is 1.78. The molecule has 0 aliphatic rings. The van der Waals surface area contributed by atoms with Crippen molar-refractivity contribution in [3.8, 4) is 5.75 Å². The van der Waals surface area contributed by atoms with E-state index in [9.17, 15) is 4.79 Å². The van der Waals surface area contributed by atoms with Crippen LogP contribution in [0.5, 0.6) is 5.75 Å². The Hall–Kier alpha value is -1.02. The Morgan fingerprint density at radius 1 is 1.38 bits per heavy atom. The maximum Gasteiger partial charge on any atom is 0.225 e. The van der Waals surface area contributed by atoms with Crippen LogP contribution in [-0.4, -0.2) is 11.8 Å². The molecule has 3 heteroatoms. The Bertz CT molecular complexity index is 279. The Morgan fingerprint density at radius 3 is 2.54 bits per heavy atom. The predicted molar refractivity (Wildman–Crippen MR) is 52.2 cm³/mol. The average Bonchev–Trinajstić information content (AvgIpc) is 2.08. The molecular weight excluding hydrogens is 188 g/mol. The lowest BCUT2D eigenvalue weighted by Crippen LogP contribution is -2.00. The van der Waals surface area contributed by atoms with Crippen LogP contribution in [0.15, 0.2) is 24.3 Å². The van der Waals surface area contributed by atoms with E-state index in [1.165, 1.54) is 5.56 Å². The molecule has 0 unspecified atom stereocenters.